The zero-order valence-corrected chi connectivity index (χ0v) is 23.8. The number of anilines is 2. The molecule has 1 aliphatic rings. The minimum Gasteiger partial charge on any atom is -0.493 e. The molecule has 3 amide bonds. The zero-order valence-electron chi connectivity index (χ0n) is 23.0. The lowest BCUT2D eigenvalue weighted by Crippen LogP contribution is -2.45. The highest BCUT2D eigenvalue weighted by Gasteiger charge is 2.37. The molecule has 1 saturated heterocycles. The number of nitrogens with one attached hydrogen (secondary N) is 1. The minimum atomic E-state index is -1.18. The maximum Gasteiger partial charge on any atom is 0.273 e. The van der Waals surface area contributed by atoms with Crippen molar-refractivity contribution >= 4 is 51.5 Å². The zero-order chi connectivity index (χ0) is 29.8. The van der Waals surface area contributed by atoms with E-state index in [-0.39, 0.29) is 28.9 Å². The van der Waals surface area contributed by atoms with Gasteiger partial charge in [0.2, 0.25) is 5.91 Å². The molecular formula is C29H30N6O6S. The molecule has 12 nitrogen and oxygen atoms in total. The second kappa shape index (κ2) is 12.4. The number of nitrogens with zero attached hydrogens (tertiary/aromatic N) is 3. The molecule has 42 heavy (non-hydrogen) atoms. The molecule has 4 aromatic rings. The van der Waals surface area contributed by atoms with Crippen molar-refractivity contribution in [1.82, 2.24) is 14.7 Å². The Morgan fingerprint density at radius 2 is 1.95 bits per heavy atom. The molecule has 0 unspecified atom stereocenters. The summed E-state index contributed by atoms with van der Waals surface area (Å²) >= 11 is 0.729. The van der Waals surface area contributed by atoms with Gasteiger partial charge in [-0.25, -0.2) is 0 Å². The van der Waals surface area contributed by atoms with Gasteiger partial charge in [0.1, 0.15) is 10.9 Å². The predicted molar refractivity (Wildman–Crippen MR) is 158 cm³/mol. The van der Waals surface area contributed by atoms with Crippen molar-refractivity contribution in [3.63, 3.8) is 0 Å². The van der Waals surface area contributed by atoms with Crippen LogP contribution in [0.15, 0.2) is 54.7 Å². The quantitative estimate of drug-likeness (QED) is 0.251. The van der Waals surface area contributed by atoms with Crippen LogP contribution in [0.2, 0.25) is 0 Å². The fourth-order valence-electron chi connectivity index (χ4n) is 4.90. The third-order valence-corrected chi connectivity index (χ3v) is 7.85. The summed E-state index contributed by atoms with van der Waals surface area (Å²) in [6.07, 6.45) is 3.27. The van der Waals surface area contributed by atoms with Gasteiger partial charge in [0, 0.05) is 36.5 Å². The van der Waals surface area contributed by atoms with Gasteiger partial charge >= 0.3 is 0 Å². The molecule has 13 heteroatoms. The lowest BCUT2D eigenvalue weighted by atomic mass is 10.00. The van der Waals surface area contributed by atoms with Crippen LogP contribution in [-0.4, -0.2) is 60.6 Å². The molecular weight excluding hydrogens is 560 g/mol. The fraction of sp³-hybridized carbons (Fsp3) is 0.276. The van der Waals surface area contributed by atoms with Gasteiger partial charge in [0.25, 0.3) is 11.8 Å². The third-order valence-electron chi connectivity index (χ3n) is 7.00. The van der Waals surface area contributed by atoms with E-state index in [1.165, 1.54) is 19.1 Å². The number of nitrogen functional groups attached to an aromatic ring is 1. The van der Waals surface area contributed by atoms with E-state index >= 15 is 0 Å². The molecule has 1 fully saturated rings. The molecule has 0 bridgehead atoms. The molecule has 0 aliphatic carbocycles. The standard InChI is InChI=1S/C29H30N6O6S/c1-39-21-10-8-18(14-22(21)40-2)35(29(38)26-23(30)24(27(31)36)34-42-26)25(28(37)33-15-19-6-4-12-41-19)17-7-9-20-16(13-17)5-3-11-32-20/h3,5,7-11,13-14,19,25H,4,6,12,15,30H2,1-2H3,(H2,31,36)(H,33,37)/t19-,25-/m1/s1. The third kappa shape index (κ3) is 5.69. The molecule has 2 atom stereocenters. The summed E-state index contributed by atoms with van der Waals surface area (Å²) in [5.41, 5.74) is 12.8. The highest BCUT2D eigenvalue weighted by atomic mass is 32.1. The van der Waals surface area contributed by atoms with Gasteiger partial charge in [-0.2, -0.15) is 4.37 Å². The van der Waals surface area contributed by atoms with Crippen molar-refractivity contribution in [1.29, 1.82) is 0 Å². The molecule has 5 N–H and O–H groups in total. The van der Waals surface area contributed by atoms with Crippen LogP contribution < -0.4 is 31.2 Å². The SMILES string of the molecule is COc1ccc(N(C(=O)c2snc(C(N)=O)c2N)[C@@H](C(=O)NC[C@H]2CCCO2)c2ccc3ncccc3c2)cc1OC. The van der Waals surface area contributed by atoms with E-state index in [1.54, 1.807) is 42.6 Å². The number of ether oxygens (including phenoxy) is 3. The van der Waals surface area contributed by atoms with Gasteiger partial charge in [-0.15, -0.1) is 0 Å². The monoisotopic (exact) mass is 590 g/mol. The van der Waals surface area contributed by atoms with E-state index in [2.05, 4.69) is 14.7 Å². The Labute approximate surface area is 245 Å². The summed E-state index contributed by atoms with van der Waals surface area (Å²) < 4.78 is 20.6. The highest BCUT2D eigenvalue weighted by molar-refractivity contribution is 7.09. The summed E-state index contributed by atoms with van der Waals surface area (Å²) in [5, 5.41) is 3.75. The molecule has 3 heterocycles. The Morgan fingerprint density at radius 1 is 1.14 bits per heavy atom. The van der Waals surface area contributed by atoms with Crippen molar-refractivity contribution in [2.24, 2.45) is 5.73 Å². The number of nitrogens with two attached hydrogens (primary N) is 2. The maximum absolute atomic E-state index is 14.4. The van der Waals surface area contributed by atoms with Crippen molar-refractivity contribution in [2.75, 3.05) is 38.0 Å². The van der Waals surface area contributed by atoms with Crippen LogP contribution in [0.5, 0.6) is 11.5 Å². The fourth-order valence-corrected chi connectivity index (χ4v) is 5.64. The molecule has 2 aromatic carbocycles. The van der Waals surface area contributed by atoms with Crippen LogP contribution in [0.4, 0.5) is 11.4 Å². The number of carbonyl (C=O) groups is 3. The number of carbonyl (C=O) groups excluding carboxylic acids is 3. The first-order chi connectivity index (χ1) is 20.3. The number of hydrogen-bond acceptors (Lipinski definition) is 10. The van der Waals surface area contributed by atoms with Crippen molar-refractivity contribution in [3.8, 4) is 11.5 Å². The molecule has 5 rings (SSSR count). The van der Waals surface area contributed by atoms with Crippen LogP contribution in [-0.2, 0) is 9.53 Å². The maximum atomic E-state index is 14.4. The van der Waals surface area contributed by atoms with E-state index in [0.29, 0.717) is 29.4 Å². The van der Waals surface area contributed by atoms with E-state index in [0.717, 1.165) is 35.3 Å². The Balaban J connectivity index is 1.67. The van der Waals surface area contributed by atoms with Gasteiger partial charge in [-0.1, -0.05) is 12.1 Å². The topological polar surface area (TPSA) is 172 Å². The van der Waals surface area contributed by atoms with Crippen LogP contribution in [0, 0.1) is 0 Å². The lowest BCUT2D eigenvalue weighted by Gasteiger charge is -2.32. The number of aromatic nitrogens is 2. The van der Waals surface area contributed by atoms with Gasteiger partial charge in [-0.05, 0) is 60.3 Å². The number of hydrogen-bond donors (Lipinski definition) is 3. The number of primary amides is 1. The summed E-state index contributed by atoms with van der Waals surface area (Å²) in [7, 11) is 2.96. The Bertz CT molecular complexity index is 1640. The van der Waals surface area contributed by atoms with Gasteiger partial charge in [-0.3, -0.25) is 24.3 Å². The number of fused-ring (bicyclic) bond motifs is 1. The molecule has 2 aromatic heterocycles. The molecule has 0 saturated carbocycles. The van der Waals surface area contributed by atoms with E-state index < -0.39 is 23.8 Å². The van der Waals surface area contributed by atoms with Crippen molar-refractivity contribution in [3.05, 3.63) is 70.9 Å². The Hall–Kier alpha value is -4.75. The molecule has 1 aliphatic heterocycles. The average Bonchev–Trinajstić information content (AvgIpc) is 3.67. The normalized spacial score (nSPS) is 15.2. The van der Waals surface area contributed by atoms with Gasteiger partial charge in [0.15, 0.2) is 17.2 Å². The average molecular weight is 591 g/mol. The summed E-state index contributed by atoms with van der Waals surface area (Å²) in [6, 6.07) is 12.7. The number of methoxy groups -OCH3 is 2. The molecule has 0 radical (unpaired) electrons. The van der Waals surface area contributed by atoms with E-state index in [4.69, 9.17) is 25.7 Å². The largest absolute Gasteiger partial charge is 0.493 e. The predicted octanol–water partition coefficient (Wildman–Crippen LogP) is 3.07. The number of rotatable bonds is 10. The first kappa shape index (κ1) is 28.8. The Morgan fingerprint density at radius 3 is 2.64 bits per heavy atom. The van der Waals surface area contributed by atoms with Crippen LogP contribution in [0.3, 0.4) is 0 Å². The molecule has 0 spiro atoms. The lowest BCUT2D eigenvalue weighted by molar-refractivity contribution is -0.123. The van der Waals surface area contributed by atoms with E-state index in [1.807, 2.05) is 12.1 Å². The van der Waals surface area contributed by atoms with Crippen LogP contribution >= 0.6 is 11.5 Å². The first-order valence-corrected chi connectivity index (χ1v) is 13.9. The smallest absolute Gasteiger partial charge is 0.273 e. The number of benzene rings is 2. The number of pyridine rings is 1. The van der Waals surface area contributed by atoms with Crippen molar-refractivity contribution < 1.29 is 28.6 Å². The number of amides is 3. The summed E-state index contributed by atoms with van der Waals surface area (Å²) in [6.45, 7) is 0.900. The van der Waals surface area contributed by atoms with Gasteiger partial charge < -0.3 is 31.0 Å². The summed E-state index contributed by atoms with van der Waals surface area (Å²) in [5.74, 6) is -1.21. The minimum absolute atomic E-state index is 0.0435. The summed E-state index contributed by atoms with van der Waals surface area (Å²) in [4.78, 5) is 46.0. The van der Waals surface area contributed by atoms with E-state index in [9.17, 15) is 14.4 Å². The van der Waals surface area contributed by atoms with Crippen molar-refractivity contribution in [2.45, 2.75) is 25.0 Å². The molecule has 218 valence electrons. The second-order valence-electron chi connectivity index (χ2n) is 9.59. The highest BCUT2D eigenvalue weighted by Crippen LogP contribution is 2.38. The second-order valence-corrected chi connectivity index (χ2v) is 10.4. The van der Waals surface area contributed by atoms with Crippen LogP contribution in [0.25, 0.3) is 10.9 Å². The van der Waals surface area contributed by atoms with Crippen LogP contribution in [0.1, 0.15) is 44.6 Å². The first-order valence-electron chi connectivity index (χ1n) is 13.2. The Kier molecular flexibility index (Phi) is 8.50. The van der Waals surface area contributed by atoms with Gasteiger partial charge in [0.05, 0.1) is 31.5 Å².